The van der Waals surface area contributed by atoms with Crippen LogP contribution in [-0.4, -0.2) is 28.3 Å². The third kappa shape index (κ3) is 1.24. The lowest BCUT2D eigenvalue weighted by atomic mass is 9.99. The van der Waals surface area contributed by atoms with Crippen LogP contribution in [0.5, 0.6) is 0 Å². The van der Waals surface area contributed by atoms with Crippen LogP contribution in [0, 0.1) is 0 Å². The molecule has 5 heteroatoms. The summed E-state index contributed by atoms with van der Waals surface area (Å²) in [6.07, 6.45) is 3.12. The van der Waals surface area contributed by atoms with Gasteiger partial charge < -0.3 is 9.84 Å². The van der Waals surface area contributed by atoms with Crippen LogP contribution < -0.4 is 0 Å². The molecule has 1 aromatic rings. The number of halogens is 1. The number of aliphatic hydroxyl groups is 1. The fourth-order valence-electron chi connectivity index (χ4n) is 1.01. The van der Waals surface area contributed by atoms with Crippen LogP contribution in [0.15, 0.2) is 17.0 Å². The molecule has 0 radical (unpaired) electrons. The minimum atomic E-state index is -0.920. The van der Waals surface area contributed by atoms with Gasteiger partial charge in [0.2, 0.25) is 0 Å². The molecule has 0 aromatic carbocycles. The molecule has 1 saturated heterocycles. The van der Waals surface area contributed by atoms with E-state index in [2.05, 4.69) is 25.9 Å². The van der Waals surface area contributed by atoms with Gasteiger partial charge in [0.15, 0.2) is 5.60 Å². The van der Waals surface area contributed by atoms with Crippen molar-refractivity contribution in [3.63, 3.8) is 0 Å². The van der Waals surface area contributed by atoms with E-state index in [4.69, 9.17) is 4.74 Å². The van der Waals surface area contributed by atoms with E-state index in [0.717, 1.165) is 0 Å². The van der Waals surface area contributed by atoms with Gasteiger partial charge >= 0.3 is 0 Å². The number of nitrogens with zero attached hydrogens (tertiary/aromatic N) is 2. The normalized spacial score (nSPS) is 20.2. The highest BCUT2D eigenvalue weighted by atomic mass is 79.9. The second kappa shape index (κ2) is 2.76. The summed E-state index contributed by atoms with van der Waals surface area (Å²) in [5.41, 5.74) is -0.361. The van der Waals surface area contributed by atoms with E-state index in [0.29, 0.717) is 23.5 Å². The van der Waals surface area contributed by atoms with Gasteiger partial charge in [0, 0.05) is 0 Å². The van der Waals surface area contributed by atoms with Gasteiger partial charge in [-0.25, -0.2) is 4.98 Å². The average Bonchev–Trinajstić information content (AvgIpc) is 2.00. The lowest BCUT2D eigenvalue weighted by Crippen LogP contribution is -2.47. The van der Waals surface area contributed by atoms with E-state index >= 15 is 0 Å². The smallest absolute Gasteiger partial charge is 0.154 e. The molecule has 0 atom stereocenters. The number of aromatic nitrogens is 2. The number of rotatable bonds is 1. The first-order chi connectivity index (χ1) is 5.71. The highest BCUT2D eigenvalue weighted by Gasteiger charge is 2.39. The van der Waals surface area contributed by atoms with E-state index in [1.165, 1.54) is 0 Å². The lowest BCUT2D eigenvalue weighted by Gasteiger charge is -2.35. The summed E-state index contributed by atoms with van der Waals surface area (Å²) in [6.45, 7) is 0.607. The van der Waals surface area contributed by atoms with Crippen molar-refractivity contribution < 1.29 is 9.84 Å². The van der Waals surface area contributed by atoms with Gasteiger partial charge in [-0.15, -0.1) is 0 Å². The fourth-order valence-corrected chi connectivity index (χ4v) is 1.32. The molecule has 0 aliphatic carbocycles. The van der Waals surface area contributed by atoms with Crippen LogP contribution in [0.2, 0.25) is 0 Å². The Bertz CT molecular complexity index is 301. The van der Waals surface area contributed by atoms with Crippen molar-refractivity contribution in [1.82, 2.24) is 9.97 Å². The topological polar surface area (TPSA) is 55.2 Å². The van der Waals surface area contributed by atoms with Crippen LogP contribution in [-0.2, 0) is 10.3 Å². The molecule has 2 rings (SSSR count). The Labute approximate surface area is 77.7 Å². The van der Waals surface area contributed by atoms with Gasteiger partial charge in [-0.2, -0.15) is 0 Å². The minimum Gasteiger partial charge on any atom is -0.379 e. The second-order valence-electron chi connectivity index (χ2n) is 2.75. The fraction of sp³-hybridized carbons (Fsp3) is 0.429. The maximum Gasteiger partial charge on any atom is 0.154 e. The number of ether oxygens (including phenoxy) is 1. The molecule has 1 aliphatic heterocycles. The van der Waals surface area contributed by atoms with Gasteiger partial charge in [0.1, 0.15) is 4.60 Å². The van der Waals surface area contributed by atoms with Gasteiger partial charge in [-0.05, 0) is 15.9 Å². The first kappa shape index (κ1) is 8.10. The predicted molar refractivity (Wildman–Crippen MR) is 44.4 cm³/mol. The van der Waals surface area contributed by atoms with E-state index in [-0.39, 0.29) is 0 Å². The highest BCUT2D eigenvalue weighted by molar-refractivity contribution is 9.10. The molecule has 1 N–H and O–H groups in total. The zero-order valence-electron chi connectivity index (χ0n) is 6.20. The maximum atomic E-state index is 9.76. The molecule has 2 heterocycles. The molecule has 1 fully saturated rings. The maximum absolute atomic E-state index is 9.76. The van der Waals surface area contributed by atoms with Crippen molar-refractivity contribution >= 4 is 15.9 Å². The SMILES string of the molecule is OC1(c2cncc(Br)n2)COC1. The Kier molecular flexibility index (Phi) is 1.86. The molecule has 0 bridgehead atoms. The van der Waals surface area contributed by atoms with Crippen molar-refractivity contribution in [1.29, 1.82) is 0 Å². The second-order valence-corrected chi connectivity index (χ2v) is 3.56. The molecule has 0 unspecified atom stereocenters. The summed E-state index contributed by atoms with van der Waals surface area (Å²) < 4.78 is 5.52. The van der Waals surface area contributed by atoms with Crippen molar-refractivity contribution in [3.8, 4) is 0 Å². The van der Waals surface area contributed by atoms with Crippen LogP contribution in [0.4, 0.5) is 0 Å². The van der Waals surface area contributed by atoms with Gasteiger partial charge in [0.25, 0.3) is 0 Å². The van der Waals surface area contributed by atoms with Crippen molar-refractivity contribution in [3.05, 3.63) is 22.7 Å². The number of hydrogen-bond acceptors (Lipinski definition) is 4. The van der Waals surface area contributed by atoms with Gasteiger partial charge in [-0.1, -0.05) is 0 Å². The zero-order chi connectivity index (χ0) is 8.60. The Balaban J connectivity index is 2.33. The summed E-state index contributed by atoms with van der Waals surface area (Å²) in [6, 6.07) is 0. The molecule has 4 nitrogen and oxygen atoms in total. The van der Waals surface area contributed by atoms with Gasteiger partial charge in [-0.3, -0.25) is 4.98 Å². The Hall–Kier alpha value is -0.520. The van der Waals surface area contributed by atoms with Crippen molar-refractivity contribution in [2.75, 3.05) is 13.2 Å². The van der Waals surface area contributed by atoms with Crippen LogP contribution in [0.3, 0.4) is 0 Å². The number of hydrogen-bond donors (Lipinski definition) is 1. The summed E-state index contributed by atoms with van der Waals surface area (Å²) in [5, 5.41) is 9.76. The average molecular weight is 231 g/mol. The molecule has 1 aliphatic rings. The predicted octanol–water partition coefficient (Wildman–Crippen LogP) is 0.457. The minimum absolute atomic E-state index is 0.304. The first-order valence-corrected chi connectivity index (χ1v) is 4.28. The molecule has 0 amide bonds. The summed E-state index contributed by atoms with van der Waals surface area (Å²) in [4.78, 5) is 8.00. The molecule has 12 heavy (non-hydrogen) atoms. The van der Waals surface area contributed by atoms with E-state index in [1.807, 2.05) is 0 Å². The largest absolute Gasteiger partial charge is 0.379 e. The first-order valence-electron chi connectivity index (χ1n) is 3.49. The van der Waals surface area contributed by atoms with Crippen molar-refractivity contribution in [2.45, 2.75) is 5.60 Å². The molecule has 64 valence electrons. The van der Waals surface area contributed by atoms with Crippen LogP contribution in [0.1, 0.15) is 5.69 Å². The summed E-state index contributed by atoms with van der Waals surface area (Å²) >= 11 is 3.18. The highest BCUT2D eigenvalue weighted by Crippen LogP contribution is 2.27. The molecular formula is C7H7BrN2O2. The lowest BCUT2D eigenvalue weighted by molar-refractivity contribution is -0.187. The van der Waals surface area contributed by atoms with Gasteiger partial charge in [0.05, 0.1) is 31.3 Å². The Morgan fingerprint density at radius 3 is 2.75 bits per heavy atom. The Morgan fingerprint density at radius 2 is 2.25 bits per heavy atom. The zero-order valence-corrected chi connectivity index (χ0v) is 7.78. The molecule has 1 aromatic heterocycles. The van der Waals surface area contributed by atoms with E-state index < -0.39 is 5.60 Å². The molecular weight excluding hydrogens is 224 g/mol. The summed E-state index contributed by atoms with van der Waals surface area (Å²) in [5.74, 6) is 0. The van der Waals surface area contributed by atoms with Crippen LogP contribution >= 0.6 is 15.9 Å². The quantitative estimate of drug-likeness (QED) is 0.762. The molecule has 0 spiro atoms. The molecule has 0 saturated carbocycles. The van der Waals surface area contributed by atoms with E-state index in [9.17, 15) is 5.11 Å². The third-order valence-corrected chi connectivity index (χ3v) is 2.15. The van der Waals surface area contributed by atoms with Crippen molar-refractivity contribution in [2.24, 2.45) is 0 Å². The third-order valence-electron chi connectivity index (χ3n) is 1.76. The summed E-state index contributed by atoms with van der Waals surface area (Å²) in [7, 11) is 0. The monoisotopic (exact) mass is 230 g/mol. The standard InChI is InChI=1S/C7H7BrN2O2/c8-6-2-9-1-5(10-6)7(11)3-12-4-7/h1-2,11H,3-4H2. The van der Waals surface area contributed by atoms with E-state index in [1.54, 1.807) is 12.4 Å². The Morgan fingerprint density at radius 1 is 1.50 bits per heavy atom. The van der Waals surface area contributed by atoms with Crippen LogP contribution in [0.25, 0.3) is 0 Å².